The van der Waals surface area contributed by atoms with Gasteiger partial charge in [0.2, 0.25) is 5.75 Å². The molecule has 146 valence electrons. The van der Waals surface area contributed by atoms with Crippen LogP contribution in [0.5, 0.6) is 17.2 Å². The van der Waals surface area contributed by atoms with Crippen LogP contribution < -0.4 is 19.5 Å². The first-order valence-electron chi connectivity index (χ1n) is 9.15. The third-order valence-electron chi connectivity index (χ3n) is 4.33. The van der Waals surface area contributed by atoms with Crippen LogP contribution in [0.3, 0.4) is 0 Å². The molecule has 2 aromatic carbocycles. The number of ether oxygens (including phenoxy) is 3. The number of benzene rings is 2. The van der Waals surface area contributed by atoms with Gasteiger partial charge >= 0.3 is 0 Å². The first-order chi connectivity index (χ1) is 13.0. The Morgan fingerprint density at radius 1 is 0.926 bits per heavy atom. The van der Waals surface area contributed by atoms with Crippen molar-refractivity contribution in [2.24, 2.45) is 5.92 Å². The average molecular weight is 371 g/mol. The minimum Gasteiger partial charge on any atom is -0.493 e. The minimum absolute atomic E-state index is 0.0782. The van der Waals surface area contributed by atoms with Crippen molar-refractivity contribution in [3.05, 3.63) is 53.1 Å². The van der Waals surface area contributed by atoms with Crippen molar-refractivity contribution in [2.45, 2.75) is 26.7 Å². The fourth-order valence-electron chi connectivity index (χ4n) is 3.04. The molecule has 0 heterocycles. The van der Waals surface area contributed by atoms with Crippen LogP contribution in [0, 0.1) is 5.92 Å². The highest BCUT2D eigenvalue weighted by molar-refractivity contribution is 5.94. The maximum Gasteiger partial charge on any atom is 0.251 e. The van der Waals surface area contributed by atoms with Gasteiger partial charge in [0.05, 0.1) is 21.3 Å². The van der Waals surface area contributed by atoms with Crippen molar-refractivity contribution in [3.63, 3.8) is 0 Å². The molecule has 0 aliphatic rings. The predicted molar refractivity (Wildman–Crippen MR) is 107 cm³/mol. The molecule has 2 aromatic rings. The zero-order valence-corrected chi connectivity index (χ0v) is 16.8. The molecule has 0 atom stereocenters. The van der Waals surface area contributed by atoms with Crippen LogP contribution in [-0.2, 0) is 12.8 Å². The summed E-state index contributed by atoms with van der Waals surface area (Å²) in [4.78, 5) is 12.4. The Kier molecular flexibility index (Phi) is 7.53. The van der Waals surface area contributed by atoms with E-state index in [9.17, 15) is 4.79 Å². The summed E-state index contributed by atoms with van der Waals surface area (Å²) in [6.07, 6.45) is 1.64. The van der Waals surface area contributed by atoms with E-state index >= 15 is 0 Å². The lowest BCUT2D eigenvalue weighted by atomic mass is 10.0. The van der Waals surface area contributed by atoms with Gasteiger partial charge in [-0.2, -0.15) is 0 Å². The maximum atomic E-state index is 12.4. The van der Waals surface area contributed by atoms with E-state index in [0.717, 1.165) is 12.0 Å². The third kappa shape index (κ3) is 5.39. The summed E-state index contributed by atoms with van der Waals surface area (Å²) in [7, 11) is 4.76. The van der Waals surface area contributed by atoms with Crippen molar-refractivity contribution in [3.8, 4) is 17.2 Å². The predicted octanol–water partition coefficient (Wildman–Crippen LogP) is 3.88. The molecule has 0 aromatic heterocycles. The molecular formula is C22H29NO4. The zero-order valence-electron chi connectivity index (χ0n) is 16.8. The second-order valence-electron chi connectivity index (χ2n) is 6.79. The van der Waals surface area contributed by atoms with Gasteiger partial charge < -0.3 is 19.5 Å². The smallest absolute Gasteiger partial charge is 0.251 e. The van der Waals surface area contributed by atoms with Crippen molar-refractivity contribution < 1.29 is 19.0 Å². The van der Waals surface area contributed by atoms with Gasteiger partial charge in [0.15, 0.2) is 11.5 Å². The Bertz CT molecular complexity index is 754. The molecule has 0 fully saturated rings. The van der Waals surface area contributed by atoms with Crippen molar-refractivity contribution >= 4 is 5.91 Å². The maximum absolute atomic E-state index is 12.4. The molecule has 5 nitrogen and oxygen atoms in total. The highest BCUT2D eigenvalue weighted by Gasteiger charge is 2.15. The topological polar surface area (TPSA) is 56.8 Å². The first kappa shape index (κ1) is 20.6. The number of hydrogen-bond donors (Lipinski definition) is 1. The molecule has 5 heteroatoms. The highest BCUT2D eigenvalue weighted by Crippen LogP contribution is 2.39. The third-order valence-corrected chi connectivity index (χ3v) is 4.33. The summed E-state index contributed by atoms with van der Waals surface area (Å²) in [6.45, 7) is 4.87. The van der Waals surface area contributed by atoms with E-state index in [1.807, 2.05) is 36.4 Å². The summed E-state index contributed by atoms with van der Waals surface area (Å²) in [5, 5.41) is 2.96. The molecule has 0 aliphatic heterocycles. The van der Waals surface area contributed by atoms with Gasteiger partial charge in [-0.05, 0) is 42.5 Å². The lowest BCUT2D eigenvalue weighted by Gasteiger charge is -2.16. The molecule has 0 saturated heterocycles. The number of carbonyl (C=O) groups excluding carboxylic acids is 1. The standard InChI is InChI=1S/C22H29NO4/c1-15(2)14-16-6-8-18(9-7-16)22(24)23-13-12-17-10-11-19(25-3)21(27-5)20(17)26-4/h6-11,15H,12-14H2,1-5H3,(H,23,24). The largest absolute Gasteiger partial charge is 0.493 e. The van der Waals surface area contributed by atoms with Crippen LogP contribution in [0.15, 0.2) is 36.4 Å². The van der Waals surface area contributed by atoms with Crippen LogP contribution in [0.1, 0.15) is 35.3 Å². The molecule has 0 aliphatic carbocycles. The fraction of sp³-hybridized carbons (Fsp3) is 0.409. The van der Waals surface area contributed by atoms with E-state index < -0.39 is 0 Å². The van der Waals surface area contributed by atoms with Crippen LogP contribution in [0.4, 0.5) is 0 Å². The highest BCUT2D eigenvalue weighted by atomic mass is 16.5. The number of rotatable bonds is 9. The van der Waals surface area contributed by atoms with Gasteiger partial charge in [0, 0.05) is 17.7 Å². The van der Waals surface area contributed by atoms with E-state index in [1.54, 1.807) is 21.3 Å². The van der Waals surface area contributed by atoms with E-state index in [2.05, 4.69) is 19.2 Å². The molecule has 0 unspecified atom stereocenters. The van der Waals surface area contributed by atoms with Gasteiger partial charge in [-0.3, -0.25) is 4.79 Å². The molecule has 1 amide bonds. The van der Waals surface area contributed by atoms with E-state index in [0.29, 0.717) is 41.7 Å². The van der Waals surface area contributed by atoms with Gasteiger partial charge in [0.25, 0.3) is 5.91 Å². The number of nitrogens with one attached hydrogen (secondary N) is 1. The number of carbonyl (C=O) groups is 1. The number of amides is 1. The molecular weight excluding hydrogens is 342 g/mol. The average Bonchev–Trinajstić information content (AvgIpc) is 2.67. The molecule has 0 saturated carbocycles. The molecule has 1 N–H and O–H groups in total. The SMILES string of the molecule is COc1ccc(CCNC(=O)c2ccc(CC(C)C)cc2)c(OC)c1OC. The lowest BCUT2D eigenvalue weighted by molar-refractivity contribution is 0.0954. The van der Waals surface area contributed by atoms with E-state index in [-0.39, 0.29) is 5.91 Å². The van der Waals surface area contributed by atoms with Crippen LogP contribution in [-0.4, -0.2) is 33.8 Å². The molecule has 27 heavy (non-hydrogen) atoms. The minimum atomic E-state index is -0.0782. The Labute approximate surface area is 161 Å². The number of methoxy groups -OCH3 is 3. The van der Waals surface area contributed by atoms with E-state index in [4.69, 9.17) is 14.2 Å². The zero-order chi connectivity index (χ0) is 19.8. The normalized spacial score (nSPS) is 10.6. The van der Waals surface area contributed by atoms with E-state index in [1.165, 1.54) is 5.56 Å². The molecule has 0 spiro atoms. The summed E-state index contributed by atoms with van der Waals surface area (Å²) in [5.74, 6) is 2.32. The lowest BCUT2D eigenvalue weighted by Crippen LogP contribution is -2.25. The van der Waals surface area contributed by atoms with Gasteiger partial charge in [0.1, 0.15) is 0 Å². The second-order valence-corrected chi connectivity index (χ2v) is 6.79. The summed E-state index contributed by atoms with van der Waals surface area (Å²) < 4.78 is 16.2. The Morgan fingerprint density at radius 3 is 2.15 bits per heavy atom. The van der Waals surface area contributed by atoms with Gasteiger partial charge in [-0.1, -0.05) is 32.0 Å². The first-order valence-corrected chi connectivity index (χ1v) is 9.15. The number of hydrogen-bond acceptors (Lipinski definition) is 4. The fourth-order valence-corrected chi connectivity index (χ4v) is 3.04. The Hall–Kier alpha value is -2.69. The van der Waals surface area contributed by atoms with Crippen molar-refractivity contribution in [2.75, 3.05) is 27.9 Å². The second kappa shape index (κ2) is 9.86. The van der Waals surface area contributed by atoms with Crippen molar-refractivity contribution in [1.82, 2.24) is 5.32 Å². The van der Waals surface area contributed by atoms with Crippen molar-refractivity contribution in [1.29, 1.82) is 0 Å². The molecule has 2 rings (SSSR count). The van der Waals surface area contributed by atoms with Crippen LogP contribution in [0.25, 0.3) is 0 Å². The van der Waals surface area contributed by atoms with Gasteiger partial charge in [-0.25, -0.2) is 0 Å². The van der Waals surface area contributed by atoms with Crippen LogP contribution >= 0.6 is 0 Å². The Balaban J connectivity index is 1.98. The monoisotopic (exact) mass is 371 g/mol. The molecule has 0 bridgehead atoms. The van der Waals surface area contributed by atoms with Gasteiger partial charge in [-0.15, -0.1) is 0 Å². The summed E-state index contributed by atoms with van der Waals surface area (Å²) in [6, 6.07) is 11.6. The van der Waals surface area contributed by atoms with Crippen LogP contribution in [0.2, 0.25) is 0 Å². The summed E-state index contributed by atoms with van der Waals surface area (Å²) >= 11 is 0. The Morgan fingerprint density at radius 2 is 1.59 bits per heavy atom. The quantitative estimate of drug-likeness (QED) is 0.727. The summed E-state index contributed by atoms with van der Waals surface area (Å²) in [5.41, 5.74) is 2.86. The molecule has 0 radical (unpaired) electrons.